The number of para-hydroxylation sites is 3. The number of thioether (sulfide) groups is 1. The number of anilines is 1. The topological polar surface area (TPSA) is 120 Å². The quantitative estimate of drug-likeness (QED) is 0.361. The smallest absolute Gasteiger partial charge is 0.292 e. The van der Waals surface area contributed by atoms with E-state index in [9.17, 15) is 14.9 Å². The largest absolute Gasteiger partial charge is 0.496 e. The number of benzene rings is 2. The molecule has 1 heterocycles. The minimum Gasteiger partial charge on any atom is -0.496 e. The van der Waals surface area contributed by atoms with Crippen molar-refractivity contribution in [2.45, 2.75) is 17.4 Å². The van der Waals surface area contributed by atoms with Gasteiger partial charge in [0.05, 0.1) is 22.8 Å². The number of carbonyl (C=O) groups excluding carboxylic acids is 1. The van der Waals surface area contributed by atoms with Gasteiger partial charge in [-0.05, 0) is 25.1 Å². The summed E-state index contributed by atoms with van der Waals surface area (Å²) >= 11 is 1.05. The van der Waals surface area contributed by atoms with Crippen molar-refractivity contribution in [3.8, 4) is 17.2 Å². The number of ether oxygens (including phenoxy) is 1. The highest BCUT2D eigenvalue weighted by Gasteiger charge is 2.22. The standard InChI is InChI=1S/C18H16N4O5S/c1-11(16(23)19-13-8-4-5-9-14(13)22(24)25)28-18-21-20-17(27-18)12-7-3-6-10-15(12)26-2/h3-11H,1-2H3,(H,19,23). The van der Waals surface area contributed by atoms with Crippen LogP contribution < -0.4 is 10.1 Å². The third-order valence-electron chi connectivity index (χ3n) is 3.75. The summed E-state index contributed by atoms with van der Waals surface area (Å²) in [7, 11) is 1.54. The Balaban J connectivity index is 1.70. The van der Waals surface area contributed by atoms with Gasteiger partial charge in [0.2, 0.25) is 5.91 Å². The van der Waals surface area contributed by atoms with Gasteiger partial charge in [-0.1, -0.05) is 36.0 Å². The van der Waals surface area contributed by atoms with Crippen molar-refractivity contribution in [2.24, 2.45) is 0 Å². The van der Waals surface area contributed by atoms with E-state index < -0.39 is 16.1 Å². The van der Waals surface area contributed by atoms with Crippen LogP contribution in [0.4, 0.5) is 11.4 Å². The molecule has 0 aliphatic carbocycles. The van der Waals surface area contributed by atoms with Crippen molar-refractivity contribution in [1.29, 1.82) is 0 Å². The van der Waals surface area contributed by atoms with Crippen LogP contribution in [0.5, 0.6) is 5.75 Å². The molecule has 28 heavy (non-hydrogen) atoms. The predicted molar refractivity (Wildman–Crippen MR) is 103 cm³/mol. The monoisotopic (exact) mass is 400 g/mol. The van der Waals surface area contributed by atoms with Crippen LogP contribution in [-0.4, -0.2) is 33.4 Å². The van der Waals surface area contributed by atoms with Gasteiger partial charge in [0.1, 0.15) is 11.4 Å². The molecule has 0 spiro atoms. The molecule has 144 valence electrons. The summed E-state index contributed by atoms with van der Waals surface area (Å²) in [6.07, 6.45) is 0. The van der Waals surface area contributed by atoms with E-state index in [-0.39, 0.29) is 22.5 Å². The Kier molecular flexibility index (Phi) is 5.90. The summed E-state index contributed by atoms with van der Waals surface area (Å²) in [6, 6.07) is 13.1. The lowest BCUT2D eigenvalue weighted by Crippen LogP contribution is -2.22. The lowest BCUT2D eigenvalue weighted by molar-refractivity contribution is -0.383. The first-order chi connectivity index (χ1) is 13.5. The van der Waals surface area contributed by atoms with E-state index in [2.05, 4.69) is 15.5 Å². The average molecular weight is 400 g/mol. The maximum Gasteiger partial charge on any atom is 0.292 e. The molecule has 1 amide bonds. The van der Waals surface area contributed by atoms with E-state index in [1.165, 1.54) is 18.2 Å². The van der Waals surface area contributed by atoms with Gasteiger partial charge in [-0.2, -0.15) is 0 Å². The van der Waals surface area contributed by atoms with Crippen LogP contribution in [0.1, 0.15) is 6.92 Å². The third kappa shape index (κ3) is 4.29. The Morgan fingerprint density at radius 2 is 1.93 bits per heavy atom. The predicted octanol–water partition coefficient (Wildman–Crippen LogP) is 3.77. The highest BCUT2D eigenvalue weighted by atomic mass is 32.2. The molecule has 10 heteroatoms. The van der Waals surface area contributed by atoms with Crippen LogP contribution >= 0.6 is 11.8 Å². The van der Waals surface area contributed by atoms with Crippen molar-refractivity contribution >= 4 is 29.0 Å². The second-order valence-electron chi connectivity index (χ2n) is 5.60. The van der Waals surface area contributed by atoms with Gasteiger partial charge in [0.15, 0.2) is 0 Å². The molecule has 1 N–H and O–H groups in total. The number of hydrogen-bond acceptors (Lipinski definition) is 8. The van der Waals surface area contributed by atoms with Crippen LogP contribution in [0, 0.1) is 10.1 Å². The number of nitrogens with one attached hydrogen (secondary N) is 1. The molecule has 1 aromatic heterocycles. The summed E-state index contributed by atoms with van der Waals surface area (Å²) in [4.78, 5) is 22.9. The second kappa shape index (κ2) is 8.53. The number of nitrogens with zero attached hydrogens (tertiary/aromatic N) is 3. The molecule has 0 radical (unpaired) electrons. The van der Waals surface area contributed by atoms with Crippen molar-refractivity contribution in [3.63, 3.8) is 0 Å². The van der Waals surface area contributed by atoms with Crippen LogP contribution in [0.25, 0.3) is 11.5 Å². The Morgan fingerprint density at radius 1 is 1.21 bits per heavy atom. The van der Waals surface area contributed by atoms with Gasteiger partial charge < -0.3 is 14.5 Å². The number of amides is 1. The molecule has 0 aliphatic rings. The van der Waals surface area contributed by atoms with Crippen LogP contribution in [0.2, 0.25) is 0 Å². The van der Waals surface area contributed by atoms with Crippen molar-refractivity contribution in [3.05, 3.63) is 58.6 Å². The Bertz CT molecular complexity index is 1010. The van der Waals surface area contributed by atoms with E-state index in [1.807, 2.05) is 12.1 Å². The van der Waals surface area contributed by atoms with Crippen LogP contribution in [0.3, 0.4) is 0 Å². The second-order valence-corrected chi connectivity index (χ2v) is 6.89. The zero-order valence-corrected chi connectivity index (χ0v) is 15.8. The molecule has 3 rings (SSSR count). The summed E-state index contributed by atoms with van der Waals surface area (Å²) in [6.45, 7) is 1.64. The van der Waals surface area contributed by atoms with Crippen molar-refractivity contribution in [2.75, 3.05) is 12.4 Å². The fourth-order valence-electron chi connectivity index (χ4n) is 2.37. The number of aromatic nitrogens is 2. The van der Waals surface area contributed by atoms with E-state index in [0.29, 0.717) is 11.3 Å². The molecule has 9 nitrogen and oxygen atoms in total. The lowest BCUT2D eigenvalue weighted by Gasteiger charge is -2.10. The minimum absolute atomic E-state index is 0.130. The molecular formula is C18H16N4O5S. The van der Waals surface area contributed by atoms with Gasteiger partial charge in [0.25, 0.3) is 16.8 Å². The molecule has 0 bridgehead atoms. The normalized spacial score (nSPS) is 11.6. The highest BCUT2D eigenvalue weighted by molar-refractivity contribution is 8.00. The fraction of sp³-hybridized carbons (Fsp3) is 0.167. The SMILES string of the molecule is COc1ccccc1-c1nnc(SC(C)C(=O)Nc2ccccc2[N+](=O)[O-])o1. The van der Waals surface area contributed by atoms with Gasteiger partial charge in [-0.3, -0.25) is 14.9 Å². The molecule has 0 aliphatic heterocycles. The number of methoxy groups -OCH3 is 1. The molecule has 1 atom stereocenters. The van der Waals surface area contributed by atoms with Gasteiger partial charge in [0, 0.05) is 6.07 Å². The first kappa shape index (κ1) is 19.4. The fourth-order valence-corrected chi connectivity index (χ4v) is 3.05. The Hall–Kier alpha value is -3.40. The van der Waals surface area contributed by atoms with Gasteiger partial charge in [-0.25, -0.2) is 0 Å². The zero-order chi connectivity index (χ0) is 20.1. The lowest BCUT2D eigenvalue weighted by atomic mass is 10.2. The molecule has 0 saturated heterocycles. The zero-order valence-electron chi connectivity index (χ0n) is 15.0. The minimum atomic E-state index is -0.620. The third-order valence-corrected chi connectivity index (χ3v) is 4.68. The van der Waals surface area contributed by atoms with Gasteiger partial charge >= 0.3 is 0 Å². The molecular weight excluding hydrogens is 384 g/mol. The van der Waals surface area contributed by atoms with Gasteiger partial charge in [-0.15, -0.1) is 10.2 Å². The first-order valence-electron chi connectivity index (χ1n) is 8.17. The number of hydrogen-bond donors (Lipinski definition) is 1. The number of rotatable bonds is 7. The van der Waals surface area contributed by atoms with E-state index >= 15 is 0 Å². The molecule has 3 aromatic rings. The Morgan fingerprint density at radius 3 is 2.68 bits per heavy atom. The number of nitro groups is 1. The maximum absolute atomic E-state index is 12.4. The molecule has 0 fully saturated rings. The van der Waals surface area contributed by atoms with Crippen molar-refractivity contribution < 1.29 is 18.9 Å². The number of nitro benzene ring substituents is 1. The summed E-state index contributed by atoms with van der Waals surface area (Å²) in [5.41, 5.74) is 0.593. The summed E-state index contributed by atoms with van der Waals surface area (Å²) in [5.74, 6) is 0.437. The summed E-state index contributed by atoms with van der Waals surface area (Å²) in [5, 5.41) is 21.1. The first-order valence-corrected chi connectivity index (χ1v) is 9.05. The van der Waals surface area contributed by atoms with Crippen LogP contribution in [-0.2, 0) is 4.79 Å². The Labute approximate surface area is 164 Å². The number of carbonyl (C=O) groups is 1. The van der Waals surface area contributed by atoms with E-state index in [1.54, 1.807) is 32.2 Å². The summed E-state index contributed by atoms with van der Waals surface area (Å²) < 4.78 is 10.9. The highest BCUT2D eigenvalue weighted by Crippen LogP contribution is 2.32. The average Bonchev–Trinajstić information content (AvgIpc) is 3.16. The van der Waals surface area contributed by atoms with E-state index in [4.69, 9.17) is 9.15 Å². The molecule has 2 aromatic carbocycles. The van der Waals surface area contributed by atoms with E-state index in [0.717, 1.165) is 11.8 Å². The maximum atomic E-state index is 12.4. The molecule has 0 saturated carbocycles. The van der Waals surface area contributed by atoms with Crippen molar-refractivity contribution in [1.82, 2.24) is 10.2 Å². The molecule has 1 unspecified atom stereocenters. The van der Waals surface area contributed by atoms with Crippen LogP contribution in [0.15, 0.2) is 58.2 Å².